The number of anilines is 2. The van der Waals surface area contributed by atoms with Crippen LogP contribution in [0, 0.1) is 11.8 Å². The van der Waals surface area contributed by atoms with Gasteiger partial charge in [0.15, 0.2) is 0 Å². The van der Waals surface area contributed by atoms with Crippen LogP contribution in [0.1, 0.15) is 32.4 Å². The maximum Gasteiger partial charge on any atom is 0.225 e. The first-order valence-electron chi connectivity index (χ1n) is 8.89. The quantitative estimate of drug-likeness (QED) is 0.906. The van der Waals surface area contributed by atoms with Crippen LogP contribution < -0.4 is 5.32 Å². The second-order valence-corrected chi connectivity index (χ2v) is 6.88. The van der Waals surface area contributed by atoms with Crippen molar-refractivity contribution in [2.75, 3.05) is 18.4 Å². The Balaban J connectivity index is 1.57. The van der Waals surface area contributed by atoms with Gasteiger partial charge in [0, 0.05) is 25.2 Å². The highest BCUT2D eigenvalue weighted by molar-refractivity contribution is 5.78. The third-order valence-electron chi connectivity index (χ3n) is 4.45. The van der Waals surface area contributed by atoms with Gasteiger partial charge in [-0.1, -0.05) is 19.9 Å². The topological polar surface area (TPSA) is 71.0 Å². The number of nitrogens with zero attached hydrogens (tertiary/aromatic N) is 4. The number of rotatable bonds is 5. The highest BCUT2D eigenvalue weighted by Gasteiger charge is 2.25. The molecule has 1 atom stereocenters. The van der Waals surface area contributed by atoms with Gasteiger partial charge < -0.3 is 10.2 Å². The van der Waals surface area contributed by atoms with E-state index in [1.54, 1.807) is 12.4 Å². The highest BCUT2D eigenvalue weighted by atomic mass is 16.2. The zero-order valence-corrected chi connectivity index (χ0v) is 14.9. The van der Waals surface area contributed by atoms with Crippen molar-refractivity contribution < 1.29 is 4.79 Å². The van der Waals surface area contributed by atoms with Crippen LogP contribution in [0.2, 0.25) is 0 Å². The molecule has 0 saturated carbocycles. The van der Waals surface area contributed by atoms with E-state index in [0.29, 0.717) is 11.7 Å². The molecule has 1 fully saturated rings. The average molecular weight is 339 g/mol. The lowest BCUT2D eigenvalue weighted by Crippen LogP contribution is -2.42. The average Bonchev–Trinajstić information content (AvgIpc) is 2.64. The number of nitrogens with one attached hydrogen (secondary N) is 1. The number of carbonyl (C=O) groups is 1. The number of likely N-dealkylation sites (tertiary alicyclic amines) is 1. The summed E-state index contributed by atoms with van der Waals surface area (Å²) in [5.74, 6) is 2.21. The molecule has 0 aliphatic carbocycles. The molecule has 0 radical (unpaired) electrons. The molecule has 2 aromatic rings. The number of amides is 1. The molecule has 0 aromatic carbocycles. The molecular formula is C19H25N5O. The molecule has 2 aromatic heterocycles. The zero-order valence-electron chi connectivity index (χ0n) is 14.9. The molecule has 6 heteroatoms. The van der Waals surface area contributed by atoms with Crippen LogP contribution in [-0.2, 0) is 11.2 Å². The van der Waals surface area contributed by atoms with E-state index < -0.39 is 0 Å². The molecule has 0 unspecified atom stereocenters. The van der Waals surface area contributed by atoms with Gasteiger partial charge >= 0.3 is 0 Å². The van der Waals surface area contributed by atoms with Gasteiger partial charge in [-0.3, -0.25) is 9.78 Å². The summed E-state index contributed by atoms with van der Waals surface area (Å²) in [5, 5.41) is 3.13. The Hall–Kier alpha value is -2.50. The molecular weight excluding hydrogens is 314 g/mol. The summed E-state index contributed by atoms with van der Waals surface area (Å²) in [6.45, 7) is 5.63. The van der Waals surface area contributed by atoms with Crippen LogP contribution in [0.4, 0.5) is 11.6 Å². The molecule has 1 amide bonds. The molecule has 1 aliphatic rings. The van der Waals surface area contributed by atoms with E-state index in [1.165, 1.54) is 0 Å². The Morgan fingerprint density at radius 2 is 2.12 bits per heavy atom. The van der Waals surface area contributed by atoms with Gasteiger partial charge in [-0.05, 0) is 37.3 Å². The highest BCUT2D eigenvalue weighted by Crippen LogP contribution is 2.21. The summed E-state index contributed by atoms with van der Waals surface area (Å²) < 4.78 is 0. The molecule has 1 aliphatic heterocycles. The van der Waals surface area contributed by atoms with Crippen molar-refractivity contribution in [3.63, 3.8) is 0 Å². The molecule has 3 rings (SSSR count). The molecule has 25 heavy (non-hydrogen) atoms. The maximum absolute atomic E-state index is 12.2. The van der Waals surface area contributed by atoms with Gasteiger partial charge in [0.25, 0.3) is 0 Å². The van der Waals surface area contributed by atoms with E-state index in [0.717, 1.165) is 43.9 Å². The minimum absolute atomic E-state index is 0.0653. The van der Waals surface area contributed by atoms with Crippen molar-refractivity contribution in [2.24, 2.45) is 11.8 Å². The lowest BCUT2D eigenvalue weighted by atomic mass is 9.93. The lowest BCUT2D eigenvalue weighted by molar-refractivity contribution is -0.136. The number of pyridine rings is 1. The van der Waals surface area contributed by atoms with E-state index in [-0.39, 0.29) is 11.8 Å². The Kier molecular flexibility index (Phi) is 5.58. The van der Waals surface area contributed by atoms with Gasteiger partial charge in [-0.25, -0.2) is 9.97 Å². The Labute approximate surface area is 148 Å². The summed E-state index contributed by atoms with van der Waals surface area (Å²) in [7, 11) is 0. The van der Waals surface area contributed by atoms with Gasteiger partial charge in [0.05, 0.1) is 18.1 Å². The van der Waals surface area contributed by atoms with E-state index >= 15 is 0 Å². The van der Waals surface area contributed by atoms with E-state index in [1.807, 2.05) is 43.1 Å². The van der Waals surface area contributed by atoms with Crippen molar-refractivity contribution in [3.8, 4) is 0 Å². The van der Waals surface area contributed by atoms with Crippen LogP contribution in [0.3, 0.4) is 0 Å². The zero-order chi connectivity index (χ0) is 17.6. The van der Waals surface area contributed by atoms with Gasteiger partial charge in [-0.15, -0.1) is 0 Å². The number of carbonyl (C=O) groups excluding carboxylic acids is 1. The summed E-state index contributed by atoms with van der Waals surface area (Å²) in [4.78, 5) is 27.4. The van der Waals surface area contributed by atoms with Gasteiger partial charge in [0.2, 0.25) is 5.91 Å². The molecule has 0 spiro atoms. The van der Waals surface area contributed by atoms with E-state index in [2.05, 4.69) is 20.3 Å². The summed E-state index contributed by atoms with van der Waals surface area (Å²) in [6, 6.07) is 5.68. The van der Waals surface area contributed by atoms with Gasteiger partial charge in [0.1, 0.15) is 11.6 Å². The second-order valence-electron chi connectivity index (χ2n) is 6.88. The monoisotopic (exact) mass is 339 g/mol. The number of aromatic nitrogens is 3. The summed E-state index contributed by atoms with van der Waals surface area (Å²) in [6.07, 6.45) is 8.35. The number of piperidine rings is 1. The van der Waals surface area contributed by atoms with Crippen LogP contribution in [0.25, 0.3) is 0 Å². The Morgan fingerprint density at radius 1 is 1.24 bits per heavy atom. The summed E-state index contributed by atoms with van der Waals surface area (Å²) in [5.41, 5.74) is 0.968. The van der Waals surface area contributed by atoms with Crippen molar-refractivity contribution in [2.45, 2.75) is 33.1 Å². The third-order valence-corrected chi connectivity index (χ3v) is 4.45. The van der Waals surface area contributed by atoms with Gasteiger partial charge in [-0.2, -0.15) is 0 Å². The second kappa shape index (κ2) is 8.05. The fraction of sp³-hybridized carbons (Fsp3) is 0.474. The normalized spacial score (nSPS) is 17.6. The fourth-order valence-corrected chi connectivity index (χ4v) is 3.19. The largest absolute Gasteiger partial charge is 0.342 e. The lowest BCUT2D eigenvalue weighted by Gasteiger charge is -2.33. The first-order valence-corrected chi connectivity index (χ1v) is 8.89. The standard InChI is InChI=1S/C19H25N5O/c1-14(2)19(25)24-9-5-6-15(13-24)10-16-11-22-18(12-21-16)23-17-7-3-4-8-20-17/h3-4,7-8,11-12,14-15H,5-6,9-10,13H2,1-2H3,(H,20,22,23)/t15-/m0/s1. The molecule has 0 bridgehead atoms. The molecule has 1 saturated heterocycles. The van der Waals surface area contributed by atoms with Crippen LogP contribution >= 0.6 is 0 Å². The van der Waals surface area contributed by atoms with E-state index in [9.17, 15) is 4.79 Å². The Bertz CT molecular complexity index is 687. The molecule has 6 nitrogen and oxygen atoms in total. The molecule has 3 heterocycles. The molecule has 132 valence electrons. The predicted molar refractivity (Wildman–Crippen MR) is 97.4 cm³/mol. The Morgan fingerprint density at radius 3 is 2.80 bits per heavy atom. The fourth-order valence-electron chi connectivity index (χ4n) is 3.19. The maximum atomic E-state index is 12.2. The van der Waals surface area contributed by atoms with Crippen molar-refractivity contribution in [3.05, 3.63) is 42.5 Å². The first-order chi connectivity index (χ1) is 12.1. The minimum atomic E-state index is 0.0653. The minimum Gasteiger partial charge on any atom is -0.342 e. The smallest absolute Gasteiger partial charge is 0.225 e. The number of hydrogen-bond donors (Lipinski definition) is 1. The van der Waals surface area contributed by atoms with Crippen molar-refractivity contribution in [1.29, 1.82) is 0 Å². The predicted octanol–water partition coefficient (Wildman–Crippen LogP) is 3.05. The first kappa shape index (κ1) is 17.3. The van der Waals surface area contributed by atoms with Crippen molar-refractivity contribution in [1.82, 2.24) is 19.9 Å². The SMILES string of the molecule is CC(C)C(=O)N1CCC[C@@H](Cc2cnc(Nc3ccccn3)cn2)C1. The number of hydrogen-bond acceptors (Lipinski definition) is 5. The third kappa shape index (κ3) is 4.75. The van der Waals surface area contributed by atoms with E-state index in [4.69, 9.17) is 0 Å². The molecule has 1 N–H and O–H groups in total. The van der Waals surface area contributed by atoms with Crippen LogP contribution in [-0.4, -0.2) is 38.8 Å². The van der Waals surface area contributed by atoms with Crippen molar-refractivity contribution >= 4 is 17.5 Å². The van der Waals surface area contributed by atoms with Crippen LogP contribution in [0.5, 0.6) is 0 Å². The van der Waals surface area contributed by atoms with Crippen LogP contribution in [0.15, 0.2) is 36.8 Å². The summed E-state index contributed by atoms with van der Waals surface area (Å²) >= 11 is 0.